The molecule has 0 bridgehead atoms. The number of ether oxygens (including phenoxy) is 1. The molecule has 1 aliphatic rings. The summed E-state index contributed by atoms with van der Waals surface area (Å²) in [7, 11) is 0. The molecule has 104 valence electrons. The van der Waals surface area contributed by atoms with E-state index in [9.17, 15) is 9.18 Å². The first-order valence-corrected chi connectivity index (χ1v) is 6.65. The highest BCUT2D eigenvalue weighted by Crippen LogP contribution is 2.31. The lowest BCUT2D eigenvalue weighted by atomic mass is 9.90. The van der Waals surface area contributed by atoms with Crippen LogP contribution in [0.15, 0.2) is 12.3 Å². The maximum atomic E-state index is 14.1. The second-order valence-electron chi connectivity index (χ2n) is 5.08. The van der Waals surface area contributed by atoms with Crippen LogP contribution in [-0.2, 0) is 0 Å². The van der Waals surface area contributed by atoms with Crippen molar-refractivity contribution in [3.63, 3.8) is 0 Å². The molecule has 19 heavy (non-hydrogen) atoms. The molecule has 1 heterocycles. The molecule has 4 nitrogen and oxygen atoms in total. The minimum atomic E-state index is -0.684. The zero-order valence-electron chi connectivity index (χ0n) is 11.1. The molecule has 1 saturated carbocycles. The molecular formula is C14H19FN2O2. The van der Waals surface area contributed by atoms with Crippen LogP contribution in [0.1, 0.15) is 49.4 Å². The summed E-state index contributed by atoms with van der Waals surface area (Å²) < 4.78 is 19.1. The summed E-state index contributed by atoms with van der Waals surface area (Å²) in [6.45, 7) is 2.05. The molecule has 5 heteroatoms. The number of halogens is 1. The average molecular weight is 266 g/mol. The average Bonchev–Trinajstić information content (AvgIpc) is 2.78. The van der Waals surface area contributed by atoms with E-state index >= 15 is 0 Å². The summed E-state index contributed by atoms with van der Waals surface area (Å²) in [5, 5.41) is 0. The lowest BCUT2D eigenvalue weighted by molar-refractivity contribution is 0.0947. The van der Waals surface area contributed by atoms with Gasteiger partial charge in [-0.1, -0.05) is 12.8 Å². The van der Waals surface area contributed by atoms with Gasteiger partial charge in [-0.15, -0.1) is 0 Å². The number of aromatic nitrogens is 1. The van der Waals surface area contributed by atoms with Crippen molar-refractivity contribution in [2.24, 2.45) is 5.73 Å². The van der Waals surface area contributed by atoms with Crippen LogP contribution in [0.2, 0.25) is 0 Å². The first-order chi connectivity index (χ1) is 9.06. The third-order valence-corrected chi connectivity index (χ3v) is 3.55. The van der Waals surface area contributed by atoms with Crippen molar-refractivity contribution in [1.29, 1.82) is 0 Å². The van der Waals surface area contributed by atoms with Crippen molar-refractivity contribution < 1.29 is 13.9 Å². The fraction of sp³-hybridized carbons (Fsp3) is 0.571. The lowest BCUT2D eigenvalue weighted by Gasteiger charge is -2.22. The van der Waals surface area contributed by atoms with Crippen LogP contribution >= 0.6 is 0 Å². The quantitative estimate of drug-likeness (QED) is 0.831. The number of nitrogens with two attached hydrogens (primary N) is 1. The fourth-order valence-corrected chi connectivity index (χ4v) is 2.55. The van der Waals surface area contributed by atoms with Crippen molar-refractivity contribution in [3.8, 4) is 5.88 Å². The number of carbonyl (C=O) groups is 1. The minimum Gasteiger partial charge on any atom is -0.476 e. The molecule has 0 radical (unpaired) electrons. The van der Waals surface area contributed by atoms with E-state index in [1.807, 2.05) is 0 Å². The molecule has 0 amide bonds. The number of hydrogen-bond acceptors (Lipinski definition) is 4. The van der Waals surface area contributed by atoms with Gasteiger partial charge in [-0.2, -0.15) is 0 Å². The van der Waals surface area contributed by atoms with Gasteiger partial charge in [0, 0.05) is 18.2 Å². The predicted octanol–water partition coefficient (Wildman–Crippen LogP) is 2.46. The Morgan fingerprint density at radius 2 is 2.21 bits per heavy atom. The van der Waals surface area contributed by atoms with E-state index in [0.717, 1.165) is 25.7 Å². The number of carbonyl (C=O) groups excluding carboxylic acids is 1. The number of hydrogen-bond donors (Lipinski definition) is 1. The lowest BCUT2D eigenvalue weighted by Crippen LogP contribution is -2.38. The van der Waals surface area contributed by atoms with Crippen LogP contribution in [0.25, 0.3) is 0 Å². The molecule has 1 aromatic rings. The smallest absolute Gasteiger partial charge is 0.251 e. The standard InChI is InChI=1S/C14H19FN2O2/c1-2-19-13-12(15)10(5-8-17-13)11(18)9-14(16)6-3-4-7-14/h5,8H,2-4,6-7,9,16H2,1H3. The highest BCUT2D eigenvalue weighted by molar-refractivity contribution is 5.97. The van der Waals surface area contributed by atoms with Crippen LogP contribution in [0.3, 0.4) is 0 Å². The van der Waals surface area contributed by atoms with Gasteiger partial charge >= 0.3 is 0 Å². The Labute approximate surface area is 112 Å². The zero-order valence-corrected chi connectivity index (χ0v) is 11.1. The van der Waals surface area contributed by atoms with Crippen molar-refractivity contribution in [2.45, 2.75) is 44.6 Å². The largest absolute Gasteiger partial charge is 0.476 e. The van der Waals surface area contributed by atoms with Crippen molar-refractivity contribution in [3.05, 3.63) is 23.6 Å². The van der Waals surface area contributed by atoms with Crippen LogP contribution in [-0.4, -0.2) is 22.9 Å². The molecule has 0 atom stereocenters. The van der Waals surface area contributed by atoms with E-state index in [1.54, 1.807) is 6.92 Å². The number of pyridine rings is 1. The molecule has 0 saturated heterocycles. The number of nitrogens with zero attached hydrogens (tertiary/aromatic N) is 1. The molecule has 2 N–H and O–H groups in total. The predicted molar refractivity (Wildman–Crippen MR) is 69.7 cm³/mol. The Bertz CT molecular complexity index is 471. The van der Waals surface area contributed by atoms with E-state index < -0.39 is 11.4 Å². The maximum absolute atomic E-state index is 14.1. The van der Waals surface area contributed by atoms with Gasteiger partial charge in [-0.3, -0.25) is 4.79 Å². The van der Waals surface area contributed by atoms with Crippen LogP contribution in [0, 0.1) is 5.82 Å². The van der Waals surface area contributed by atoms with Crippen molar-refractivity contribution >= 4 is 5.78 Å². The van der Waals surface area contributed by atoms with Gasteiger partial charge in [0.1, 0.15) is 0 Å². The van der Waals surface area contributed by atoms with Crippen LogP contribution in [0.5, 0.6) is 5.88 Å². The molecule has 0 aliphatic heterocycles. The Morgan fingerprint density at radius 3 is 2.84 bits per heavy atom. The summed E-state index contributed by atoms with van der Waals surface area (Å²) in [6, 6.07) is 1.39. The molecule has 2 rings (SSSR count). The Kier molecular flexibility index (Phi) is 4.14. The SMILES string of the molecule is CCOc1nccc(C(=O)CC2(N)CCCC2)c1F. The molecule has 1 aliphatic carbocycles. The van der Waals surface area contributed by atoms with Gasteiger partial charge in [0.05, 0.1) is 12.2 Å². The first kappa shape index (κ1) is 13.9. The highest BCUT2D eigenvalue weighted by atomic mass is 19.1. The van der Waals surface area contributed by atoms with E-state index in [-0.39, 0.29) is 23.6 Å². The summed E-state index contributed by atoms with van der Waals surface area (Å²) in [6.07, 6.45) is 5.28. The summed E-state index contributed by atoms with van der Waals surface area (Å²) in [4.78, 5) is 16.0. The topological polar surface area (TPSA) is 65.2 Å². The molecular weight excluding hydrogens is 247 g/mol. The van der Waals surface area contributed by atoms with Crippen LogP contribution < -0.4 is 10.5 Å². The molecule has 0 spiro atoms. The van der Waals surface area contributed by atoms with Gasteiger partial charge in [0.2, 0.25) is 0 Å². The first-order valence-electron chi connectivity index (χ1n) is 6.65. The van der Waals surface area contributed by atoms with E-state index in [4.69, 9.17) is 10.5 Å². The summed E-state index contributed by atoms with van der Waals surface area (Å²) in [5.41, 5.74) is 5.70. The van der Waals surface area contributed by atoms with Crippen molar-refractivity contribution in [2.75, 3.05) is 6.61 Å². The highest BCUT2D eigenvalue weighted by Gasteiger charge is 2.33. The normalized spacial score (nSPS) is 17.4. The Hall–Kier alpha value is -1.49. The third kappa shape index (κ3) is 3.10. The van der Waals surface area contributed by atoms with Gasteiger partial charge in [0.15, 0.2) is 11.6 Å². The minimum absolute atomic E-state index is 0.0233. The molecule has 0 aromatic carbocycles. The maximum Gasteiger partial charge on any atom is 0.251 e. The van der Waals surface area contributed by atoms with Gasteiger partial charge in [0.25, 0.3) is 5.88 Å². The Balaban J connectivity index is 2.17. The zero-order chi connectivity index (χ0) is 13.9. The molecule has 1 aromatic heterocycles. The Morgan fingerprint density at radius 1 is 1.53 bits per heavy atom. The monoisotopic (exact) mass is 266 g/mol. The number of rotatable bonds is 5. The second kappa shape index (κ2) is 5.65. The molecule has 1 fully saturated rings. The third-order valence-electron chi connectivity index (χ3n) is 3.55. The van der Waals surface area contributed by atoms with E-state index in [1.165, 1.54) is 12.3 Å². The van der Waals surface area contributed by atoms with E-state index in [0.29, 0.717) is 6.61 Å². The number of Topliss-reactive ketones (excluding diaryl/α,β-unsaturated/α-hetero) is 1. The molecule has 0 unspecified atom stereocenters. The van der Waals surface area contributed by atoms with Gasteiger partial charge < -0.3 is 10.5 Å². The van der Waals surface area contributed by atoms with Crippen molar-refractivity contribution in [1.82, 2.24) is 4.98 Å². The number of ketones is 1. The summed E-state index contributed by atoms with van der Waals surface area (Å²) in [5.74, 6) is -1.08. The fourth-order valence-electron chi connectivity index (χ4n) is 2.55. The van der Waals surface area contributed by atoms with E-state index in [2.05, 4.69) is 4.98 Å². The van der Waals surface area contributed by atoms with Gasteiger partial charge in [-0.25, -0.2) is 9.37 Å². The van der Waals surface area contributed by atoms with Crippen LogP contribution in [0.4, 0.5) is 4.39 Å². The summed E-state index contributed by atoms with van der Waals surface area (Å²) >= 11 is 0. The second-order valence-corrected chi connectivity index (χ2v) is 5.08. The van der Waals surface area contributed by atoms with Gasteiger partial charge in [-0.05, 0) is 25.8 Å².